The number of amides is 1. The highest BCUT2D eigenvalue weighted by Gasteiger charge is 2.19. The molecule has 1 saturated heterocycles. The maximum absolute atomic E-state index is 12.5. The van der Waals surface area contributed by atoms with Gasteiger partial charge in [-0.15, -0.1) is 0 Å². The smallest absolute Gasteiger partial charge is 0.238 e. The highest BCUT2D eigenvalue weighted by molar-refractivity contribution is 5.92. The second-order valence-electron chi connectivity index (χ2n) is 8.10. The number of nitrogens with one attached hydrogen (secondary N) is 1. The lowest BCUT2D eigenvalue weighted by atomic mass is 9.84. The van der Waals surface area contributed by atoms with Crippen LogP contribution in [0.1, 0.15) is 43.6 Å². The fourth-order valence-corrected chi connectivity index (χ4v) is 4.48. The molecule has 2 aromatic carbocycles. The van der Waals surface area contributed by atoms with Crippen LogP contribution in [-0.4, -0.2) is 43.5 Å². The van der Waals surface area contributed by atoms with Crippen LogP contribution >= 0.6 is 0 Å². The molecule has 1 aliphatic heterocycles. The zero-order valence-corrected chi connectivity index (χ0v) is 16.6. The summed E-state index contributed by atoms with van der Waals surface area (Å²) in [6.45, 7) is 4.24. The van der Waals surface area contributed by atoms with Crippen LogP contribution < -0.4 is 10.2 Å². The lowest BCUT2D eigenvalue weighted by molar-refractivity contribution is -0.117. The van der Waals surface area contributed by atoms with Crippen LogP contribution in [0.3, 0.4) is 0 Å². The Morgan fingerprint density at radius 3 is 2.21 bits per heavy atom. The third kappa shape index (κ3) is 4.93. The van der Waals surface area contributed by atoms with Crippen molar-refractivity contribution < 1.29 is 4.79 Å². The molecule has 4 nitrogen and oxygen atoms in total. The van der Waals surface area contributed by atoms with Crippen LogP contribution in [0.25, 0.3) is 0 Å². The molecule has 148 valence electrons. The molecule has 0 atom stereocenters. The van der Waals surface area contributed by atoms with E-state index in [-0.39, 0.29) is 5.91 Å². The Labute approximate surface area is 168 Å². The van der Waals surface area contributed by atoms with Crippen LogP contribution in [0, 0.1) is 0 Å². The monoisotopic (exact) mass is 377 g/mol. The average Bonchev–Trinajstić information content (AvgIpc) is 2.76. The number of para-hydroxylation sites is 1. The lowest BCUT2D eigenvalue weighted by Crippen LogP contribution is -2.48. The molecule has 0 aromatic heterocycles. The Morgan fingerprint density at radius 1 is 0.857 bits per heavy atom. The third-order valence-electron chi connectivity index (χ3n) is 6.13. The Bertz CT molecular complexity index is 745. The number of hydrogen-bond donors (Lipinski definition) is 1. The normalized spacial score (nSPS) is 18.8. The van der Waals surface area contributed by atoms with Gasteiger partial charge >= 0.3 is 0 Å². The van der Waals surface area contributed by atoms with Gasteiger partial charge in [-0.25, -0.2) is 0 Å². The molecule has 1 amide bonds. The molecule has 2 fully saturated rings. The van der Waals surface area contributed by atoms with Gasteiger partial charge in [0.15, 0.2) is 0 Å². The first-order chi connectivity index (χ1) is 13.8. The van der Waals surface area contributed by atoms with Gasteiger partial charge in [-0.05, 0) is 48.6 Å². The first kappa shape index (κ1) is 19.0. The largest absolute Gasteiger partial charge is 0.369 e. The first-order valence-electron chi connectivity index (χ1n) is 10.7. The van der Waals surface area contributed by atoms with Crippen molar-refractivity contribution in [2.45, 2.75) is 38.0 Å². The fourth-order valence-electron chi connectivity index (χ4n) is 4.48. The van der Waals surface area contributed by atoms with Crippen LogP contribution in [0.5, 0.6) is 0 Å². The molecule has 1 heterocycles. The van der Waals surface area contributed by atoms with Crippen molar-refractivity contribution in [1.82, 2.24) is 4.90 Å². The molecule has 4 rings (SSSR count). The molecule has 1 N–H and O–H groups in total. The minimum Gasteiger partial charge on any atom is -0.369 e. The minimum absolute atomic E-state index is 0.0820. The van der Waals surface area contributed by atoms with E-state index in [9.17, 15) is 4.79 Å². The van der Waals surface area contributed by atoms with E-state index in [0.29, 0.717) is 12.5 Å². The number of rotatable bonds is 5. The van der Waals surface area contributed by atoms with E-state index in [1.165, 1.54) is 43.4 Å². The van der Waals surface area contributed by atoms with Crippen molar-refractivity contribution in [2.24, 2.45) is 0 Å². The summed E-state index contributed by atoms with van der Waals surface area (Å²) in [6.07, 6.45) is 6.69. The predicted octanol–water partition coefficient (Wildman–Crippen LogP) is 4.50. The molecular weight excluding hydrogens is 346 g/mol. The van der Waals surface area contributed by atoms with Gasteiger partial charge in [0, 0.05) is 37.6 Å². The van der Waals surface area contributed by atoms with Gasteiger partial charge in [-0.3, -0.25) is 9.69 Å². The summed E-state index contributed by atoms with van der Waals surface area (Å²) in [5.41, 5.74) is 3.60. The topological polar surface area (TPSA) is 35.6 Å². The Morgan fingerprint density at radius 2 is 1.54 bits per heavy atom. The van der Waals surface area contributed by atoms with Crippen LogP contribution in [0.4, 0.5) is 11.4 Å². The molecule has 1 aliphatic carbocycles. The summed E-state index contributed by atoms with van der Waals surface area (Å²) in [6, 6.07) is 19.0. The number of carbonyl (C=O) groups is 1. The molecule has 0 spiro atoms. The predicted molar refractivity (Wildman–Crippen MR) is 116 cm³/mol. The lowest BCUT2D eigenvalue weighted by Gasteiger charge is -2.35. The molecule has 2 aliphatic rings. The second-order valence-corrected chi connectivity index (χ2v) is 8.10. The molecule has 0 bridgehead atoms. The minimum atomic E-state index is 0.0820. The average molecular weight is 378 g/mol. The Kier molecular flexibility index (Phi) is 6.27. The summed E-state index contributed by atoms with van der Waals surface area (Å²) in [5.74, 6) is 0.790. The number of benzene rings is 2. The highest BCUT2D eigenvalue weighted by atomic mass is 16.2. The summed E-state index contributed by atoms with van der Waals surface area (Å²) < 4.78 is 0. The third-order valence-corrected chi connectivity index (χ3v) is 6.13. The fraction of sp³-hybridized carbons (Fsp3) is 0.458. The van der Waals surface area contributed by atoms with E-state index < -0.39 is 0 Å². The molecular formula is C24H31N3O. The van der Waals surface area contributed by atoms with Gasteiger partial charge in [0.1, 0.15) is 0 Å². The summed E-state index contributed by atoms with van der Waals surface area (Å²) >= 11 is 0. The number of nitrogens with zero attached hydrogens (tertiary/aromatic N) is 2. The molecule has 28 heavy (non-hydrogen) atoms. The number of piperazine rings is 1. The standard InChI is InChI=1S/C24H31N3O/c28-24(19-26-15-17-27(18-16-26)23-9-5-2-6-10-23)25-22-13-11-21(12-14-22)20-7-3-1-4-8-20/h2,5-6,9-14,20H,1,3-4,7-8,15-19H2,(H,25,28). The van der Waals surface area contributed by atoms with Gasteiger partial charge < -0.3 is 10.2 Å². The van der Waals surface area contributed by atoms with Crippen molar-refractivity contribution in [3.63, 3.8) is 0 Å². The van der Waals surface area contributed by atoms with Crippen molar-refractivity contribution in [3.05, 3.63) is 60.2 Å². The number of hydrogen-bond acceptors (Lipinski definition) is 3. The van der Waals surface area contributed by atoms with E-state index in [2.05, 4.69) is 63.6 Å². The molecule has 2 aromatic rings. The van der Waals surface area contributed by atoms with Crippen molar-refractivity contribution in [1.29, 1.82) is 0 Å². The van der Waals surface area contributed by atoms with Crippen LogP contribution in [0.15, 0.2) is 54.6 Å². The maximum Gasteiger partial charge on any atom is 0.238 e. The Balaban J connectivity index is 1.23. The van der Waals surface area contributed by atoms with Gasteiger partial charge in [0.05, 0.1) is 6.54 Å². The zero-order valence-electron chi connectivity index (χ0n) is 16.6. The number of carbonyl (C=O) groups excluding carboxylic acids is 1. The van der Waals surface area contributed by atoms with Crippen molar-refractivity contribution >= 4 is 17.3 Å². The van der Waals surface area contributed by atoms with Crippen LogP contribution in [-0.2, 0) is 4.79 Å². The zero-order chi connectivity index (χ0) is 19.2. The number of anilines is 2. The van der Waals surface area contributed by atoms with Crippen molar-refractivity contribution in [2.75, 3.05) is 42.9 Å². The van der Waals surface area contributed by atoms with E-state index in [0.717, 1.165) is 31.9 Å². The second kappa shape index (κ2) is 9.24. The molecule has 1 saturated carbocycles. The van der Waals surface area contributed by atoms with E-state index >= 15 is 0 Å². The molecule has 0 radical (unpaired) electrons. The Hall–Kier alpha value is -2.33. The van der Waals surface area contributed by atoms with Gasteiger partial charge in [-0.2, -0.15) is 0 Å². The SMILES string of the molecule is O=C(CN1CCN(c2ccccc2)CC1)Nc1ccc(C2CCCCC2)cc1. The van der Waals surface area contributed by atoms with E-state index in [1.54, 1.807) is 0 Å². The van der Waals surface area contributed by atoms with Gasteiger partial charge in [0.25, 0.3) is 0 Å². The van der Waals surface area contributed by atoms with E-state index in [1.807, 2.05) is 6.07 Å². The molecule has 0 unspecified atom stereocenters. The maximum atomic E-state index is 12.5. The van der Waals surface area contributed by atoms with Crippen LogP contribution in [0.2, 0.25) is 0 Å². The molecule has 4 heteroatoms. The van der Waals surface area contributed by atoms with Gasteiger partial charge in [0.2, 0.25) is 5.91 Å². The quantitative estimate of drug-likeness (QED) is 0.834. The highest BCUT2D eigenvalue weighted by Crippen LogP contribution is 2.32. The first-order valence-corrected chi connectivity index (χ1v) is 10.7. The van der Waals surface area contributed by atoms with Crippen molar-refractivity contribution in [3.8, 4) is 0 Å². The van der Waals surface area contributed by atoms with E-state index in [4.69, 9.17) is 0 Å². The summed E-state index contributed by atoms with van der Waals surface area (Å²) in [5, 5.41) is 3.07. The van der Waals surface area contributed by atoms with Gasteiger partial charge in [-0.1, -0.05) is 49.6 Å². The summed E-state index contributed by atoms with van der Waals surface area (Å²) in [4.78, 5) is 17.1. The summed E-state index contributed by atoms with van der Waals surface area (Å²) in [7, 11) is 0.